The molecule has 2 saturated heterocycles. The molecule has 0 radical (unpaired) electrons. The fourth-order valence-corrected chi connectivity index (χ4v) is 4.11. The van der Waals surface area contributed by atoms with Crippen LogP contribution in [0.1, 0.15) is 39.0 Å². The molecule has 2 aliphatic heterocycles. The Labute approximate surface area is 136 Å². The van der Waals surface area contributed by atoms with Gasteiger partial charge in [0, 0.05) is 26.1 Å². The van der Waals surface area contributed by atoms with Crippen LogP contribution in [-0.2, 0) is 9.59 Å². The second kappa shape index (κ2) is 6.11. The van der Waals surface area contributed by atoms with Crippen LogP contribution >= 0.6 is 0 Å². The number of imide groups is 1. The zero-order valence-corrected chi connectivity index (χ0v) is 13.7. The minimum absolute atomic E-state index is 0.000715. The number of nitrogens with one attached hydrogen (secondary N) is 1. The largest absolute Gasteiger partial charge is 0.342 e. The van der Waals surface area contributed by atoms with E-state index in [1.165, 1.54) is 4.90 Å². The van der Waals surface area contributed by atoms with E-state index < -0.39 is 5.54 Å². The Morgan fingerprint density at radius 3 is 2.61 bits per heavy atom. The molecule has 4 amide bonds. The normalized spacial score (nSPS) is 29.7. The van der Waals surface area contributed by atoms with E-state index in [1.807, 2.05) is 4.90 Å². The maximum Gasteiger partial charge on any atom is 0.325 e. The van der Waals surface area contributed by atoms with Crippen LogP contribution in [0.2, 0.25) is 0 Å². The third-order valence-corrected chi connectivity index (χ3v) is 5.68. The van der Waals surface area contributed by atoms with Gasteiger partial charge in [-0.2, -0.15) is 0 Å². The predicted octanol–water partition coefficient (Wildman–Crippen LogP) is 0.294. The molecule has 3 N–H and O–H groups in total. The van der Waals surface area contributed by atoms with Crippen molar-refractivity contribution in [1.29, 1.82) is 0 Å². The lowest BCUT2D eigenvalue weighted by Gasteiger charge is -2.21. The zero-order valence-electron chi connectivity index (χ0n) is 13.7. The van der Waals surface area contributed by atoms with E-state index in [9.17, 15) is 14.4 Å². The number of urea groups is 1. The molecule has 128 valence electrons. The van der Waals surface area contributed by atoms with Crippen molar-refractivity contribution in [3.05, 3.63) is 0 Å². The monoisotopic (exact) mass is 322 g/mol. The van der Waals surface area contributed by atoms with Crippen LogP contribution in [0, 0.1) is 11.8 Å². The Balaban J connectivity index is 1.55. The first kappa shape index (κ1) is 16.2. The molecule has 2 heterocycles. The van der Waals surface area contributed by atoms with Crippen LogP contribution in [0.3, 0.4) is 0 Å². The summed E-state index contributed by atoms with van der Waals surface area (Å²) >= 11 is 0. The predicted molar refractivity (Wildman–Crippen MR) is 84.3 cm³/mol. The molecule has 7 nitrogen and oxygen atoms in total. The van der Waals surface area contributed by atoms with E-state index in [1.54, 1.807) is 0 Å². The molecule has 7 heteroatoms. The second-order valence-electron chi connectivity index (χ2n) is 7.20. The number of likely N-dealkylation sites (tertiary alicyclic amines) is 1. The van der Waals surface area contributed by atoms with Crippen molar-refractivity contribution in [2.75, 3.05) is 26.2 Å². The minimum atomic E-state index is -0.688. The summed E-state index contributed by atoms with van der Waals surface area (Å²) in [6.45, 7) is 4.25. The average Bonchev–Trinajstić information content (AvgIpc) is 3.19. The average molecular weight is 322 g/mol. The lowest BCUT2D eigenvalue weighted by molar-refractivity contribution is -0.133. The summed E-state index contributed by atoms with van der Waals surface area (Å²) in [4.78, 5) is 40.0. The third kappa shape index (κ3) is 2.82. The van der Waals surface area contributed by atoms with E-state index >= 15 is 0 Å². The van der Waals surface area contributed by atoms with Crippen LogP contribution in [0.4, 0.5) is 4.79 Å². The Kier molecular flexibility index (Phi) is 4.31. The smallest absolute Gasteiger partial charge is 0.325 e. The van der Waals surface area contributed by atoms with Gasteiger partial charge in [-0.05, 0) is 31.2 Å². The molecule has 1 spiro atoms. The topological polar surface area (TPSA) is 95.7 Å². The molecule has 0 bridgehead atoms. The summed E-state index contributed by atoms with van der Waals surface area (Å²) in [5, 5.41) is 2.84. The van der Waals surface area contributed by atoms with Gasteiger partial charge in [-0.25, -0.2) is 4.79 Å². The van der Waals surface area contributed by atoms with Crippen molar-refractivity contribution >= 4 is 17.8 Å². The number of nitrogens with two attached hydrogens (primary N) is 1. The fourth-order valence-electron chi connectivity index (χ4n) is 4.11. The van der Waals surface area contributed by atoms with Gasteiger partial charge in [-0.3, -0.25) is 14.5 Å². The van der Waals surface area contributed by atoms with Crippen molar-refractivity contribution in [3.63, 3.8) is 0 Å². The zero-order chi connectivity index (χ0) is 16.6. The van der Waals surface area contributed by atoms with Gasteiger partial charge < -0.3 is 16.0 Å². The van der Waals surface area contributed by atoms with Gasteiger partial charge in [0.1, 0.15) is 5.54 Å². The first-order valence-corrected chi connectivity index (χ1v) is 8.59. The highest BCUT2D eigenvalue weighted by Crippen LogP contribution is 2.35. The Morgan fingerprint density at radius 2 is 2.00 bits per heavy atom. The molecule has 3 rings (SSSR count). The lowest BCUT2D eigenvalue weighted by Crippen LogP contribution is -2.44. The Hall–Kier alpha value is -1.63. The molecule has 0 aromatic rings. The second-order valence-corrected chi connectivity index (χ2v) is 7.20. The third-order valence-electron chi connectivity index (χ3n) is 5.68. The van der Waals surface area contributed by atoms with Crippen molar-refractivity contribution in [1.82, 2.24) is 15.1 Å². The van der Waals surface area contributed by atoms with Crippen molar-refractivity contribution in [2.45, 2.75) is 44.6 Å². The molecule has 2 atom stereocenters. The number of carbonyl (C=O) groups excluding carboxylic acids is 3. The van der Waals surface area contributed by atoms with E-state index in [4.69, 9.17) is 5.73 Å². The van der Waals surface area contributed by atoms with Crippen LogP contribution in [-0.4, -0.2) is 59.4 Å². The quantitative estimate of drug-likeness (QED) is 0.727. The maximum atomic E-state index is 12.5. The summed E-state index contributed by atoms with van der Waals surface area (Å²) in [6, 6.07) is -0.348. The van der Waals surface area contributed by atoms with E-state index in [0.717, 1.165) is 12.8 Å². The maximum absolute atomic E-state index is 12.5. The molecule has 0 aromatic heterocycles. The summed E-state index contributed by atoms with van der Waals surface area (Å²) in [5.41, 5.74) is 5.03. The number of hydrogen-bond donors (Lipinski definition) is 2. The van der Waals surface area contributed by atoms with Crippen LogP contribution < -0.4 is 11.1 Å². The van der Waals surface area contributed by atoms with Gasteiger partial charge in [0.2, 0.25) is 5.91 Å². The van der Waals surface area contributed by atoms with Crippen LogP contribution in [0.25, 0.3) is 0 Å². The molecular weight excluding hydrogens is 296 g/mol. The summed E-state index contributed by atoms with van der Waals surface area (Å²) in [5.74, 6) is 0.600. The Morgan fingerprint density at radius 1 is 1.30 bits per heavy atom. The minimum Gasteiger partial charge on any atom is -0.342 e. The first-order valence-electron chi connectivity index (χ1n) is 8.59. The highest BCUT2D eigenvalue weighted by Gasteiger charge is 2.52. The molecule has 1 saturated carbocycles. The van der Waals surface area contributed by atoms with Crippen molar-refractivity contribution in [2.24, 2.45) is 17.6 Å². The molecule has 1 aliphatic carbocycles. The highest BCUT2D eigenvalue weighted by atomic mass is 16.2. The summed E-state index contributed by atoms with van der Waals surface area (Å²) in [7, 11) is 0. The number of amides is 4. The van der Waals surface area contributed by atoms with E-state index in [0.29, 0.717) is 44.3 Å². The molecule has 3 aliphatic rings. The van der Waals surface area contributed by atoms with Gasteiger partial charge >= 0.3 is 6.03 Å². The summed E-state index contributed by atoms with van der Waals surface area (Å²) in [6.07, 6.45) is 3.54. The molecule has 2 unspecified atom stereocenters. The van der Waals surface area contributed by atoms with Gasteiger partial charge in [0.25, 0.3) is 5.91 Å². The molecule has 23 heavy (non-hydrogen) atoms. The van der Waals surface area contributed by atoms with Crippen molar-refractivity contribution < 1.29 is 14.4 Å². The van der Waals surface area contributed by atoms with Crippen molar-refractivity contribution in [3.8, 4) is 0 Å². The van der Waals surface area contributed by atoms with Gasteiger partial charge in [-0.1, -0.05) is 19.8 Å². The van der Waals surface area contributed by atoms with E-state index in [-0.39, 0.29) is 30.8 Å². The van der Waals surface area contributed by atoms with Crippen LogP contribution in [0.15, 0.2) is 0 Å². The summed E-state index contributed by atoms with van der Waals surface area (Å²) < 4.78 is 0. The molecular formula is C16H26N4O3. The standard InChI is InChI=1S/C16H26N4O3/c1-11-9-19(10-12(11)8-17)13(21)4-7-20-14(22)16(18-15(20)23)5-2-3-6-16/h11-12H,2-10,17H2,1H3,(H,18,23). The molecule has 0 aromatic carbocycles. The first-order chi connectivity index (χ1) is 11.0. The number of rotatable bonds is 4. The number of hydrogen-bond acceptors (Lipinski definition) is 4. The van der Waals surface area contributed by atoms with Gasteiger partial charge in [0.15, 0.2) is 0 Å². The molecule has 3 fully saturated rings. The fraction of sp³-hybridized carbons (Fsp3) is 0.812. The van der Waals surface area contributed by atoms with Gasteiger partial charge in [-0.15, -0.1) is 0 Å². The SMILES string of the molecule is CC1CN(C(=O)CCN2C(=O)NC3(CCCC3)C2=O)CC1CN. The number of carbonyl (C=O) groups is 3. The lowest BCUT2D eigenvalue weighted by atomic mass is 9.98. The van der Waals surface area contributed by atoms with Gasteiger partial charge in [0.05, 0.1) is 0 Å². The Bertz CT molecular complexity index is 515. The number of nitrogens with zero attached hydrogens (tertiary/aromatic N) is 2. The highest BCUT2D eigenvalue weighted by molar-refractivity contribution is 6.07. The van der Waals surface area contributed by atoms with E-state index in [2.05, 4.69) is 12.2 Å². The van der Waals surface area contributed by atoms with Crippen LogP contribution in [0.5, 0.6) is 0 Å².